The zero-order valence-corrected chi connectivity index (χ0v) is 19.1. The van der Waals surface area contributed by atoms with Crippen molar-refractivity contribution in [3.63, 3.8) is 0 Å². The molecule has 1 aliphatic rings. The third-order valence-electron chi connectivity index (χ3n) is 4.86. The largest absolute Gasteiger partial charge is 0.356 e. The Balaban J connectivity index is 0.00000300. The maximum atomic E-state index is 12.3. The third kappa shape index (κ3) is 5.56. The number of aliphatic imine (C=N–C) groups is 1. The van der Waals surface area contributed by atoms with Crippen LogP contribution in [0.15, 0.2) is 59.6 Å². The molecule has 2 N–H and O–H groups in total. The molecule has 0 aromatic heterocycles. The molecule has 6 nitrogen and oxygen atoms in total. The Morgan fingerprint density at radius 3 is 2.14 bits per heavy atom. The van der Waals surface area contributed by atoms with Crippen molar-refractivity contribution in [1.82, 2.24) is 15.5 Å². The van der Waals surface area contributed by atoms with E-state index in [9.17, 15) is 9.59 Å². The highest BCUT2D eigenvalue weighted by molar-refractivity contribution is 14.0. The van der Waals surface area contributed by atoms with Crippen LogP contribution in [-0.2, 0) is 0 Å². The van der Waals surface area contributed by atoms with Gasteiger partial charge < -0.3 is 10.6 Å². The van der Waals surface area contributed by atoms with Gasteiger partial charge in [0.15, 0.2) is 5.96 Å². The van der Waals surface area contributed by atoms with E-state index < -0.39 is 0 Å². The first-order chi connectivity index (χ1) is 13.6. The van der Waals surface area contributed by atoms with Gasteiger partial charge in [0.2, 0.25) is 0 Å². The van der Waals surface area contributed by atoms with E-state index in [1.165, 1.54) is 10.5 Å². The number of hydrogen-bond acceptors (Lipinski definition) is 3. The molecule has 1 heterocycles. The third-order valence-corrected chi connectivity index (χ3v) is 4.86. The molecule has 29 heavy (non-hydrogen) atoms. The molecule has 0 saturated carbocycles. The molecule has 3 rings (SSSR count). The second-order valence-corrected chi connectivity index (χ2v) is 6.79. The van der Waals surface area contributed by atoms with E-state index in [2.05, 4.69) is 34.7 Å². The van der Waals surface area contributed by atoms with Crippen LogP contribution in [0.5, 0.6) is 0 Å². The van der Waals surface area contributed by atoms with Gasteiger partial charge in [-0.05, 0) is 37.5 Å². The average molecular weight is 506 g/mol. The fraction of sp³-hybridized carbons (Fsp3) is 0.318. The number of rotatable bonds is 7. The maximum Gasteiger partial charge on any atom is 0.261 e. The molecule has 1 unspecified atom stereocenters. The summed E-state index contributed by atoms with van der Waals surface area (Å²) < 4.78 is 0. The number of imide groups is 1. The van der Waals surface area contributed by atoms with Gasteiger partial charge in [0.1, 0.15) is 0 Å². The highest BCUT2D eigenvalue weighted by atomic mass is 127. The zero-order chi connectivity index (χ0) is 19.9. The van der Waals surface area contributed by atoms with Crippen molar-refractivity contribution in [2.45, 2.75) is 25.8 Å². The summed E-state index contributed by atoms with van der Waals surface area (Å²) >= 11 is 0. The number of fused-ring (bicyclic) bond motifs is 1. The number of guanidine groups is 1. The van der Waals surface area contributed by atoms with E-state index in [0.29, 0.717) is 24.2 Å². The van der Waals surface area contributed by atoms with Crippen molar-refractivity contribution >= 4 is 41.8 Å². The molecule has 0 bridgehead atoms. The molecule has 0 saturated heterocycles. The van der Waals surface area contributed by atoms with Crippen LogP contribution >= 0.6 is 24.0 Å². The Hall–Kier alpha value is -2.42. The number of nitrogens with one attached hydrogen (secondary N) is 2. The molecule has 0 spiro atoms. The van der Waals surface area contributed by atoms with E-state index in [-0.39, 0.29) is 41.8 Å². The van der Waals surface area contributed by atoms with Gasteiger partial charge in [-0.1, -0.05) is 42.5 Å². The lowest BCUT2D eigenvalue weighted by Crippen LogP contribution is -2.39. The van der Waals surface area contributed by atoms with Gasteiger partial charge in [-0.3, -0.25) is 19.5 Å². The summed E-state index contributed by atoms with van der Waals surface area (Å²) in [6.45, 7) is 3.23. The van der Waals surface area contributed by atoms with Crippen LogP contribution in [0.4, 0.5) is 0 Å². The van der Waals surface area contributed by atoms with Gasteiger partial charge in [-0.2, -0.15) is 0 Å². The highest BCUT2D eigenvalue weighted by Crippen LogP contribution is 2.22. The Morgan fingerprint density at radius 1 is 0.966 bits per heavy atom. The highest BCUT2D eigenvalue weighted by Gasteiger charge is 2.34. The van der Waals surface area contributed by atoms with Crippen molar-refractivity contribution in [3.05, 3.63) is 71.3 Å². The van der Waals surface area contributed by atoms with Gasteiger partial charge >= 0.3 is 0 Å². The molecule has 1 atom stereocenters. The van der Waals surface area contributed by atoms with Crippen LogP contribution in [-0.4, -0.2) is 42.8 Å². The predicted octanol–water partition coefficient (Wildman–Crippen LogP) is 3.61. The van der Waals surface area contributed by atoms with Crippen molar-refractivity contribution < 1.29 is 9.59 Å². The maximum absolute atomic E-state index is 12.3. The average Bonchev–Trinajstić information content (AvgIpc) is 2.98. The Labute approximate surface area is 188 Å². The smallest absolute Gasteiger partial charge is 0.261 e. The Kier molecular flexibility index (Phi) is 8.63. The number of benzene rings is 2. The first-order valence-electron chi connectivity index (χ1n) is 9.59. The summed E-state index contributed by atoms with van der Waals surface area (Å²) in [6.07, 6.45) is 1.57. The summed E-state index contributed by atoms with van der Waals surface area (Å²) in [7, 11) is 1.74. The Morgan fingerprint density at radius 2 is 1.55 bits per heavy atom. The number of carbonyl (C=O) groups is 2. The molecule has 0 fully saturated rings. The van der Waals surface area contributed by atoms with Crippen molar-refractivity contribution in [2.75, 3.05) is 20.1 Å². The second kappa shape index (κ2) is 10.9. The fourth-order valence-electron chi connectivity index (χ4n) is 3.27. The van der Waals surface area contributed by atoms with E-state index >= 15 is 0 Å². The van der Waals surface area contributed by atoms with E-state index in [4.69, 9.17) is 0 Å². The van der Waals surface area contributed by atoms with Crippen molar-refractivity contribution in [1.29, 1.82) is 0 Å². The minimum atomic E-state index is -0.192. The second-order valence-electron chi connectivity index (χ2n) is 6.79. The minimum Gasteiger partial charge on any atom is -0.356 e. The van der Waals surface area contributed by atoms with Crippen molar-refractivity contribution in [2.24, 2.45) is 4.99 Å². The molecule has 0 aliphatic carbocycles. The van der Waals surface area contributed by atoms with Crippen LogP contribution in [0, 0.1) is 0 Å². The molecule has 2 aromatic rings. The standard InChI is InChI=1S/C22H26N4O2.HI/c1-16(17-10-4-3-5-11-17)25-22(23-2)24-14-8-9-15-26-20(27)18-12-6-7-13-19(18)21(26)28;/h3-7,10-13,16H,8-9,14-15H2,1-2H3,(H2,23,24,25);1H. The number of hydrogen-bond donors (Lipinski definition) is 2. The summed E-state index contributed by atoms with van der Waals surface area (Å²) in [4.78, 5) is 30.3. The minimum absolute atomic E-state index is 0. The normalized spacial score (nSPS) is 14.3. The van der Waals surface area contributed by atoms with Crippen molar-refractivity contribution in [3.8, 4) is 0 Å². The lowest BCUT2D eigenvalue weighted by Gasteiger charge is -2.18. The molecule has 2 amide bonds. The van der Waals surface area contributed by atoms with Crippen LogP contribution in [0.25, 0.3) is 0 Å². The molecule has 7 heteroatoms. The SMILES string of the molecule is CN=C(NCCCCN1C(=O)c2ccccc2C1=O)NC(C)c1ccccc1.I. The molecule has 154 valence electrons. The number of nitrogens with zero attached hydrogens (tertiary/aromatic N) is 2. The number of halogens is 1. The van der Waals surface area contributed by atoms with E-state index in [1.807, 2.05) is 18.2 Å². The van der Waals surface area contributed by atoms with Crippen LogP contribution in [0.3, 0.4) is 0 Å². The molecule has 1 aliphatic heterocycles. The topological polar surface area (TPSA) is 73.8 Å². The Bertz CT molecular complexity index is 835. The molecule has 2 aromatic carbocycles. The lowest BCUT2D eigenvalue weighted by molar-refractivity contribution is 0.0652. The molecular formula is C22H27IN4O2. The van der Waals surface area contributed by atoms with Crippen LogP contribution < -0.4 is 10.6 Å². The van der Waals surface area contributed by atoms with E-state index in [0.717, 1.165) is 18.8 Å². The number of amides is 2. The predicted molar refractivity (Wildman–Crippen MR) is 126 cm³/mol. The lowest BCUT2D eigenvalue weighted by atomic mass is 10.1. The summed E-state index contributed by atoms with van der Waals surface area (Å²) in [5, 5.41) is 6.65. The summed E-state index contributed by atoms with van der Waals surface area (Å²) in [5.41, 5.74) is 2.20. The molecule has 0 radical (unpaired) electrons. The van der Waals surface area contributed by atoms with E-state index in [1.54, 1.807) is 31.3 Å². The number of unbranched alkanes of at least 4 members (excludes halogenated alkanes) is 1. The summed E-state index contributed by atoms with van der Waals surface area (Å²) in [6, 6.07) is 17.3. The van der Waals surface area contributed by atoms with Crippen LogP contribution in [0.1, 0.15) is 52.1 Å². The van der Waals surface area contributed by atoms with Gasteiger partial charge in [0.25, 0.3) is 11.8 Å². The summed E-state index contributed by atoms with van der Waals surface area (Å²) in [5.74, 6) is 0.350. The molecular weight excluding hydrogens is 479 g/mol. The van der Waals surface area contributed by atoms with Crippen LogP contribution in [0.2, 0.25) is 0 Å². The zero-order valence-electron chi connectivity index (χ0n) is 16.7. The van der Waals surface area contributed by atoms with Gasteiger partial charge in [0, 0.05) is 20.1 Å². The van der Waals surface area contributed by atoms with Gasteiger partial charge in [-0.15, -0.1) is 24.0 Å². The quantitative estimate of drug-likeness (QED) is 0.198. The monoisotopic (exact) mass is 506 g/mol. The van der Waals surface area contributed by atoms with Gasteiger partial charge in [-0.25, -0.2) is 0 Å². The first kappa shape index (κ1) is 22.9. The number of carbonyl (C=O) groups excluding carboxylic acids is 2. The first-order valence-corrected chi connectivity index (χ1v) is 9.59. The fourth-order valence-corrected chi connectivity index (χ4v) is 3.27. The van der Waals surface area contributed by atoms with Gasteiger partial charge in [0.05, 0.1) is 17.2 Å².